The third kappa shape index (κ3) is 1.83. The number of para-hydroxylation sites is 1. The van der Waals surface area contributed by atoms with E-state index in [4.69, 9.17) is 0 Å². The molecular formula is C16H17N3O3. The highest BCUT2D eigenvalue weighted by Crippen LogP contribution is 2.30. The van der Waals surface area contributed by atoms with Crippen LogP contribution in [0.2, 0.25) is 0 Å². The Balaban J connectivity index is 1.52. The monoisotopic (exact) mass is 299 g/mol. The molecule has 6 nitrogen and oxygen atoms in total. The molecule has 1 aromatic carbocycles. The Kier molecular flexibility index (Phi) is 2.92. The summed E-state index contributed by atoms with van der Waals surface area (Å²) in [6.45, 7) is 1.08. The van der Waals surface area contributed by atoms with Crippen LogP contribution in [0.3, 0.4) is 0 Å². The first-order valence-electron chi connectivity index (χ1n) is 7.67. The molecular weight excluding hydrogens is 282 g/mol. The number of benzene rings is 1. The molecule has 6 heteroatoms. The van der Waals surface area contributed by atoms with Crippen molar-refractivity contribution in [3.8, 4) is 0 Å². The van der Waals surface area contributed by atoms with Gasteiger partial charge in [0, 0.05) is 18.8 Å². The first-order valence-corrected chi connectivity index (χ1v) is 7.67. The van der Waals surface area contributed by atoms with Crippen LogP contribution in [-0.2, 0) is 16.0 Å². The normalized spacial score (nSPS) is 23.3. The van der Waals surface area contributed by atoms with Crippen molar-refractivity contribution >= 4 is 23.5 Å². The van der Waals surface area contributed by atoms with Gasteiger partial charge >= 0.3 is 6.03 Å². The smallest absolute Gasteiger partial charge is 0.312 e. The van der Waals surface area contributed by atoms with Crippen molar-refractivity contribution in [2.75, 3.05) is 24.5 Å². The lowest BCUT2D eigenvalue weighted by atomic mass is 10.2. The van der Waals surface area contributed by atoms with Gasteiger partial charge in [0.15, 0.2) is 0 Å². The Morgan fingerprint density at radius 3 is 2.82 bits per heavy atom. The summed E-state index contributed by atoms with van der Waals surface area (Å²) < 4.78 is 0. The number of rotatable bonds is 2. The molecule has 3 aliphatic heterocycles. The fourth-order valence-electron chi connectivity index (χ4n) is 3.65. The molecule has 114 valence electrons. The molecule has 0 N–H and O–H groups in total. The lowest BCUT2D eigenvalue weighted by Gasteiger charge is -2.21. The summed E-state index contributed by atoms with van der Waals surface area (Å²) in [7, 11) is 0. The van der Waals surface area contributed by atoms with E-state index < -0.39 is 0 Å². The Morgan fingerprint density at radius 1 is 1.18 bits per heavy atom. The van der Waals surface area contributed by atoms with Crippen molar-refractivity contribution in [2.24, 2.45) is 0 Å². The molecule has 3 aliphatic rings. The number of amides is 4. The topological polar surface area (TPSA) is 60.9 Å². The maximum absolute atomic E-state index is 12.5. The molecule has 3 heterocycles. The van der Waals surface area contributed by atoms with Crippen LogP contribution >= 0.6 is 0 Å². The first-order chi connectivity index (χ1) is 10.7. The number of imide groups is 1. The van der Waals surface area contributed by atoms with Crippen molar-refractivity contribution in [3.05, 3.63) is 29.8 Å². The lowest BCUT2D eigenvalue weighted by Crippen LogP contribution is -2.43. The van der Waals surface area contributed by atoms with E-state index in [1.54, 1.807) is 9.80 Å². The minimum absolute atomic E-state index is 0.154. The van der Waals surface area contributed by atoms with E-state index in [0.717, 1.165) is 29.0 Å². The van der Waals surface area contributed by atoms with E-state index in [0.29, 0.717) is 19.5 Å². The highest BCUT2D eigenvalue weighted by molar-refractivity contribution is 6.08. The molecule has 4 amide bonds. The number of urea groups is 1. The number of hydrogen-bond acceptors (Lipinski definition) is 3. The zero-order valence-corrected chi connectivity index (χ0v) is 12.2. The molecule has 0 aromatic heterocycles. The zero-order chi connectivity index (χ0) is 15.3. The van der Waals surface area contributed by atoms with Gasteiger partial charge in [-0.1, -0.05) is 18.2 Å². The average Bonchev–Trinajstić information content (AvgIpc) is 3.21. The van der Waals surface area contributed by atoms with E-state index in [-0.39, 0.29) is 30.4 Å². The summed E-state index contributed by atoms with van der Waals surface area (Å²) in [5.41, 5.74) is 2.03. The maximum Gasteiger partial charge on any atom is 0.327 e. The van der Waals surface area contributed by atoms with Crippen LogP contribution in [0.5, 0.6) is 0 Å². The van der Waals surface area contributed by atoms with Gasteiger partial charge in [-0.15, -0.1) is 0 Å². The summed E-state index contributed by atoms with van der Waals surface area (Å²) >= 11 is 0. The molecule has 2 fully saturated rings. The minimum Gasteiger partial charge on any atom is -0.312 e. The number of nitrogens with zero attached hydrogens (tertiary/aromatic N) is 3. The van der Waals surface area contributed by atoms with Gasteiger partial charge in [-0.2, -0.15) is 0 Å². The van der Waals surface area contributed by atoms with Gasteiger partial charge in [-0.3, -0.25) is 14.5 Å². The molecule has 1 atom stereocenters. The van der Waals surface area contributed by atoms with Gasteiger partial charge in [0.2, 0.25) is 5.91 Å². The molecule has 2 saturated heterocycles. The first kappa shape index (κ1) is 13.3. The molecule has 0 spiro atoms. The van der Waals surface area contributed by atoms with E-state index in [2.05, 4.69) is 0 Å². The summed E-state index contributed by atoms with van der Waals surface area (Å²) in [6, 6.07) is 7.11. The van der Waals surface area contributed by atoms with Crippen molar-refractivity contribution in [1.82, 2.24) is 9.80 Å². The van der Waals surface area contributed by atoms with Gasteiger partial charge in [0.25, 0.3) is 5.91 Å². The van der Waals surface area contributed by atoms with Crippen molar-refractivity contribution in [2.45, 2.75) is 25.3 Å². The minimum atomic E-state index is -0.342. The van der Waals surface area contributed by atoms with Crippen LogP contribution in [0.4, 0.5) is 10.5 Å². The molecule has 1 aromatic rings. The summed E-state index contributed by atoms with van der Waals surface area (Å²) in [5.74, 6) is -0.406. The molecule has 0 unspecified atom stereocenters. The Labute approximate surface area is 128 Å². The number of hydrogen-bond donors (Lipinski definition) is 0. The summed E-state index contributed by atoms with van der Waals surface area (Å²) in [4.78, 5) is 41.5. The standard InChI is InChI=1S/C16H17N3O3/c20-14(17-9-7-11-4-1-2-5-12(11)17)10-19-15(21)13-6-3-8-18(13)16(19)22/h1-2,4-5,13H,3,6-10H2/t13-/m1/s1. The van der Waals surface area contributed by atoms with E-state index in [9.17, 15) is 14.4 Å². The van der Waals surface area contributed by atoms with Gasteiger partial charge in [0.05, 0.1) is 0 Å². The SMILES string of the molecule is O=C1[C@H]2CCCN2C(=O)N1CC(=O)N1CCc2ccccc21. The molecule has 22 heavy (non-hydrogen) atoms. The van der Waals surface area contributed by atoms with Crippen LogP contribution in [0.25, 0.3) is 0 Å². The predicted octanol–water partition coefficient (Wildman–Crippen LogP) is 1.00. The summed E-state index contributed by atoms with van der Waals surface area (Å²) in [6.07, 6.45) is 2.39. The van der Waals surface area contributed by atoms with E-state index in [1.807, 2.05) is 24.3 Å². The molecule has 0 aliphatic carbocycles. The third-order valence-corrected chi connectivity index (χ3v) is 4.76. The second kappa shape index (κ2) is 4.83. The number of fused-ring (bicyclic) bond motifs is 2. The highest BCUT2D eigenvalue weighted by Gasteiger charge is 2.48. The van der Waals surface area contributed by atoms with Crippen LogP contribution in [0.15, 0.2) is 24.3 Å². The van der Waals surface area contributed by atoms with Gasteiger partial charge in [-0.25, -0.2) is 4.79 Å². The predicted molar refractivity (Wildman–Crippen MR) is 79.3 cm³/mol. The fraction of sp³-hybridized carbons (Fsp3) is 0.438. The number of carbonyl (C=O) groups is 3. The van der Waals surface area contributed by atoms with Crippen molar-refractivity contribution in [1.29, 1.82) is 0 Å². The zero-order valence-electron chi connectivity index (χ0n) is 12.2. The van der Waals surface area contributed by atoms with Crippen molar-refractivity contribution < 1.29 is 14.4 Å². The second-order valence-electron chi connectivity index (χ2n) is 5.98. The summed E-state index contributed by atoms with van der Waals surface area (Å²) in [5, 5.41) is 0. The number of carbonyl (C=O) groups excluding carboxylic acids is 3. The van der Waals surface area contributed by atoms with Crippen LogP contribution in [0, 0.1) is 0 Å². The second-order valence-corrected chi connectivity index (χ2v) is 5.98. The van der Waals surface area contributed by atoms with E-state index in [1.165, 1.54) is 0 Å². The van der Waals surface area contributed by atoms with Crippen LogP contribution in [-0.4, -0.2) is 53.3 Å². The molecule has 0 saturated carbocycles. The molecule has 4 rings (SSSR count). The maximum atomic E-state index is 12.5. The van der Waals surface area contributed by atoms with Crippen LogP contribution < -0.4 is 4.90 Å². The quantitative estimate of drug-likeness (QED) is 0.766. The number of anilines is 1. The molecule has 0 bridgehead atoms. The van der Waals surface area contributed by atoms with Gasteiger partial charge in [0.1, 0.15) is 12.6 Å². The Bertz CT molecular complexity index is 650. The third-order valence-electron chi connectivity index (χ3n) is 4.76. The van der Waals surface area contributed by atoms with E-state index >= 15 is 0 Å². The van der Waals surface area contributed by atoms with Crippen LogP contribution in [0.1, 0.15) is 18.4 Å². The Morgan fingerprint density at radius 2 is 2.00 bits per heavy atom. The van der Waals surface area contributed by atoms with Gasteiger partial charge < -0.3 is 9.80 Å². The lowest BCUT2D eigenvalue weighted by molar-refractivity contribution is -0.131. The largest absolute Gasteiger partial charge is 0.327 e. The highest BCUT2D eigenvalue weighted by atomic mass is 16.2. The average molecular weight is 299 g/mol. The van der Waals surface area contributed by atoms with Crippen molar-refractivity contribution in [3.63, 3.8) is 0 Å². The fourth-order valence-corrected chi connectivity index (χ4v) is 3.65. The Hall–Kier alpha value is -2.37. The van der Waals surface area contributed by atoms with Gasteiger partial charge in [-0.05, 0) is 30.9 Å². The molecule has 0 radical (unpaired) electrons.